The first kappa shape index (κ1) is 37.0. The first-order valence-corrected chi connectivity index (χ1v) is 19.9. The average Bonchev–Trinajstić information content (AvgIpc) is 3.49. The number of imide groups is 2. The van der Waals surface area contributed by atoms with E-state index in [0.717, 1.165) is 77.5 Å². The van der Waals surface area contributed by atoms with Crippen molar-refractivity contribution in [2.24, 2.45) is 4.99 Å². The molecule has 1 unspecified atom stereocenters. The Balaban J connectivity index is 0.769. The zero-order valence-electron chi connectivity index (χ0n) is 32.2. The highest BCUT2D eigenvalue weighted by Gasteiger charge is 2.45. The van der Waals surface area contributed by atoms with Gasteiger partial charge in [0.2, 0.25) is 23.7 Å². The molecule has 1 aliphatic carbocycles. The lowest BCUT2D eigenvalue weighted by Gasteiger charge is -2.38. The highest BCUT2D eigenvalue weighted by Crippen LogP contribution is 2.33. The van der Waals surface area contributed by atoms with Crippen LogP contribution in [-0.4, -0.2) is 106 Å². The maximum absolute atomic E-state index is 13.3. The topological polar surface area (TPSA) is 164 Å². The van der Waals surface area contributed by atoms with E-state index < -0.39 is 29.7 Å². The lowest BCUT2D eigenvalue weighted by Crippen LogP contribution is -2.54. The van der Waals surface area contributed by atoms with Crippen molar-refractivity contribution in [3.05, 3.63) is 96.3 Å². The van der Waals surface area contributed by atoms with Crippen LogP contribution in [0.5, 0.6) is 0 Å². The molecule has 3 fully saturated rings. The van der Waals surface area contributed by atoms with E-state index in [4.69, 9.17) is 4.99 Å². The van der Waals surface area contributed by atoms with Crippen molar-refractivity contribution in [2.75, 3.05) is 52.9 Å². The Morgan fingerprint density at radius 1 is 0.828 bits per heavy atom. The summed E-state index contributed by atoms with van der Waals surface area (Å²) in [5.74, 6) is -0.455. The molecule has 1 saturated carbocycles. The van der Waals surface area contributed by atoms with Gasteiger partial charge in [-0.15, -0.1) is 0 Å². The maximum atomic E-state index is 13.3. The predicted octanol–water partition coefficient (Wildman–Crippen LogP) is 4.32. The zero-order valence-corrected chi connectivity index (χ0v) is 32.2. The number of para-hydroxylation sites is 1. The number of piperidine rings is 1. The van der Waals surface area contributed by atoms with E-state index in [0.29, 0.717) is 25.7 Å². The largest absolute Gasteiger partial charge is 0.368 e. The normalized spacial score (nSPS) is 22.2. The second-order valence-corrected chi connectivity index (χ2v) is 15.4. The molecule has 0 bridgehead atoms. The standard InChI is InChI=1S/C43H44N10O5/c1-27(54)52(31-8-6-29(7-9-31)46-43-44-25-28-4-2-3-5-36(28)47-43)32-12-10-30(11-13-32)51-19-18-38(45-26-51)50-22-20-49(21-23-50)33-14-15-34-35(24-33)42(58)53(41(34)57)37-16-17-39(55)48-40(37)56/h2-5,10-15,18-19,24-25,29,31,37H,6-9,16-17,20-23,26H2,1H3,(H,44,46,47)(H,48,55,56). The maximum Gasteiger partial charge on any atom is 0.262 e. The molecule has 15 nitrogen and oxygen atoms in total. The Bertz CT molecular complexity index is 2360. The quantitative estimate of drug-likeness (QED) is 0.257. The summed E-state index contributed by atoms with van der Waals surface area (Å²) in [6.45, 7) is 4.93. The van der Waals surface area contributed by atoms with Crippen molar-refractivity contribution >= 4 is 69.3 Å². The van der Waals surface area contributed by atoms with Gasteiger partial charge >= 0.3 is 0 Å². The molecule has 5 heterocycles. The Morgan fingerprint density at radius 2 is 1.55 bits per heavy atom. The molecule has 2 saturated heterocycles. The molecule has 3 aromatic carbocycles. The van der Waals surface area contributed by atoms with Crippen LogP contribution in [0.2, 0.25) is 0 Å². The van der Waals surface area contributed by atoms with Crippen LogP contribution in [0.15, 0.2) is 90.2 Å². The minimum atomic E-state index is -0.989. The number of nitrogens with zero attached hydrogens (tertiary/aromatic N) is 8. The van der Waals surface area contributed by atoms with Crippen LogP contribution in [0, 0.1) is 0 Å². The van der Waals surface area contributed by atoms with E-state index >= 15 is 0 Å². The molecule has 296 valence electrons. The number of carbonyl (C=O) groups is 5. The Kier molecular flexibility index (Phi) is 9.79. The number of amidine groups is 1. The van der Waals surface area contributed by atoms with Gasteiger partial charge < -0.3 is 24.9 Å². The van der Waals surface area contributed by atoms with E-state index in [1.165, 1.54) is 0 Å². The molecule has 5 amide bonds. The number of fused-ring (bicyclic) bond motifs is 2. The average molecular weight is 781 g/mol. The number of hydrogen-bond acceptors (Lipinski definition) is 12. The van der Waals surface area contributed by atoms with Crippen LogP contribution < -0.4 is 25.3 Å². The third-order valence-corrected chi connectivity index (χ3v) is 11.9. The molecule has 0 radical (unpaired) electrons. The molecule has 1 aromatic heterocycles. The Labute approximate surface area is 335 Å². The molecule has 4 aliphatic heterocycles. The van der Waals surface area contributed by atoms with Crippen LogP contribution in [0.3, 0.4) is 0 Å². The Hall–Kier alpha value is -6.64. The fourth-order valence-electron chi connectivity index (χ4n) is 8.78. The van der Waals surface area contributed by atoms with Crippen molar-refractivity contribution in [2.45, 2.75) is 63.6 Å². The van der Waals surface area contributed by atoms with Crippen molar-refractivity contribution in [3.8, 4) is 0 Å². The fraction of sp³-hybridized carbons (Fsp3) is 0.349. The highest BCUT2D eigenvalue weighted by molar-refractivity contribution is 6.23. The minimum absolute atomic E-state index is 0.0328. The van der Waals surface area contributed by atoms with Crippen LogP contribution >= 0.6 is 0 Å². The predicted molar refractivity (Wildman–Crippen MR) is 220 cm³/mol. The van der Waals surface area contributed by atoms with Crippen molar-refractivity contribution in [1.82, 2.24) is 25.1 Å². The molecule has 15 heteroatoms. The fourth-order valence-corrected chi connectivity index (χ4v) is 8.78. The van der Waals surface area contributed by atoms with Crippen LogP contribution in [0.4, 0.5) is 23.0 Å². The van der Waals surface area contributed by atoms with E-state index in [2.05, 4.69) is 35.3 Å². The number of aliphatic imine (C=N–C) groups is 1. The summed E-state index contributed by atoms with van der Waals surface area (Å²) in [5.41, 5.74) is 4.18. The molecule has 1 atom stereocenters. The molecule has 5 aliphatic rings. The van der Waals surface area contributed by atoms with Gasteiger partial charge in [-0.2, -0.15) is 0 Å². The number of aromatic nitrogens is 2. The number of benzene rings is 3. The van der Waals surface area contributed by atoms with Gasteiger partial charge in [0, 0.05) is 86.5 Å². The van der Waals surface area contributed by atoms with Crippen LogP contribution in [0.25, 0.3) is 10.9 Å². The summed E-state index contributed by atoms with van der Waals surface area (Å²) in [5, 5.41) is 6.76. The van der Waals surface area contributed by atoms with E-state index in [1.807, 2.05) is 78.0 Å². The summed E-state index contributed by atoms with van der Waals surface area (Å²) in [7, 11) is 0. The lowest BCUT2D eigenvalue weighted by molar-refractivity contribution is -0.136. The molecule has 58 heavy (non-hydrogen) atoms. The second kappa shape index (κ2) is 15.4. The second-order valence-electron chi connectivity index (χ2n) is 15.4. The zero-order chi connectivity index (χ0) is 39.9. The molecule has 2 N–H and O–H groups in total. The smallest absolute Gasteiger partial charge is 0.262 e. The first-order valence-electron chi connectivity index (χ1n) is 19.9. The lowest BCUT2D eigenvalue weighted by atomic mass is 9.89. The van der Waals surface area contributed by atoms with Gasteiger partial charge in [-0.1, -0.05) is 18.2 Å². The third-order valence-electron chi connectivity index (χ3n) is 11.9. The molecule has 9 rings (SSSR count). The summed E-state index contributed by atoms with van der Waals surface area (Å²) in [6.07, 6.45) is 9.71. The van der Waals surface area contributed by atoms with Gasteiger partial charge in [0.25, 0.3) is 11.8 Å². The Morgan fingerprint density at radius 3 is 2.28 bits per heavy atom. The number of piperazine rings is 1. The number of nitrogens with one attached hydrogen (secondary N) is 2. The number of hydrogen-bond donors (Lipinski definition) is 2. The van der Waals surface area contributed by atoms with Crippen molar-refractivity contribution in [3.63, 3.8) is 0 Å². The van der Waals surface area contributed by atoms with Gasteiger partial charge in [-0.25, -0.2) is 15.0 Å². The molecular formula is C43H44N10O5. The van der Waals surface area contributed by atoms with E-state index in [-0.39, 0.29) is 42.0 Å². The van der Waals surface area contributed by atoms with Crippen LogP contribution in [-0.2, 0) is 14.4 Å². The minimum Gasteiger partial charge on any atom is -0.368 e. The molecule has 0 spiro atoms. The monoisotopic (exact) mass is 780 g/mol. The summed E-state index contributed by atoms with van der Waals surface area (Å²) in [6, 6.07) is 20.7. The van der Waals surface area contributed by atoms with E-state index in [9.17, 15) is 24.0 Å². The number of amides is 5. The summed E-state index contributed by atoms with van der Waals surface area (Å²) < 4.78 is 0. The van der Waals surface area contributed by atoms with Gasteiger partial charge in [-0.05, 0) is 86.7 Å². The van der Waals surface area contributed by atoms with Crippen molar-refractivity contribution in [1.29, 1.82) is 0 Å². The van der Waals surface area contributed by atoms with E-state index in [1.54, 1.807) is 19.1 Å². The number of carbonyl (C=O) groups excluding carboxylic acids is 5. The third kappa shape index (κ3) is 7.12. The SMILES string of the molecule is CC(=O)N(c1ccc(N2C=CC(N3CCN(c4ccc5c(c4)C(=O)N(C4CCC(=O)NC4=O)C5=O)CC3)=NC2)cc1)C1CCC(Nc2ncc3ccccc3n2)CC1. The van der Waals surface area contributed by atoms with Crippen molar-refractivity contribution < 1.29 is 24.0 Å². The highest BCUT2D eigenvalue weighted by atomic mass is 16.2. The molecule has 4 aromatic rings. The summed E-state index contributed by atoms with van der Waals surface area (Å²) >= 11 is 0. The number of anilines is 4. The summed E-state index contributed by atoms with van der Waals surface area (Å²) in [4.78, 5) is 87.0. The van der Waals surface area contributed by atoms with Gasteiger partial charge in [0.1, 0.15) is 18.5 Å². The van der Waals surface area contributed by atoms with Gasteiger partial charge in [-0.3, -0.25) is 34.2 Å². The van der Waals surface area contributed by atoms with Gasteiger partial charge in [0.05, 0.1) is 16.6 Å². The number of rotatable bonds is 7. The first-order chi connectivity index (χ1) is 28.2. The van der Waals surface area contributed by atoms with Crippen LogP contribution in [0.1, 0.15) is 66.2 Å². The molecular weight excluding hydrogens is 737 g/mol. The van der Waals surface area contributed by atoms with Gasteiger partial charge in [0.15, 0.2) is 0 Å².